The first kappa shape index (κ1) is 22.7. The Kier molecular flexibility index (Phi) is 6.01. The van der Waals surface area contributed by atoms with Crippen molar-refractivity contribution in [3.05, 3.63) is 16.0 Å². The van der Waals surface area contributed by atoms with Crippen LogP contribution in [0, 0.1) is 0 Å². The number of fused-ring (bicyclic) bond motifs is 1. The predicted molar refractivity (Wildman–Crippen MR) is 116 cm³/mol. The quantitative estimate of drug-likeness (QED) is 0.463. The first-order valence-corrected chi connectivity index (χ1v) is 13.3. The molecular formula is C20H25N3O7S2. The van der Waals surface area contributed by atoms with Gasteiger partial charge in [0.2, 0.25) is 5.91 Å². The van der Waals surface area contributed by atoms with Crippen molar-refractivity contribution in [2.75, 3.05) is 24.2 Å². The van der Waals surface area contributed by atoms with Gasteiger partial charge in [-0.05, 0) is 31.7 Å². The third kappa shape index (κ3) is 4.13. The summed E-state index contributed by atoms with van der Waals surface area (Å²) < 4.78 is 29.1. The lowest BCUT2D eigenvalue weighted by atomic mass is 9.98. The first-order chi connectivity index (χ1) is 15.2. The summed E-state index contributed by atoms with van der Waals surface area (Å²) in [4.78, 5) is 51.7. The molecule has 2 N–H and O–H groups in total. The average molecular weight is 484 g/mol. The van der Waals surface area contributed by atoms with Gasteiger partial charge in [-0.15, -0.1) is 11.3 Å². The van der Waals surface area contributed by atoms with E-state index < -0.39 is 33.3 Å². The second kappa shape index (κ2) is 8.47. The monoisotopic (exact) mass is 483 g/mol. The number of anilines is 1. The maximum absolute atomic E-state index is 12.7. The number of imide groups is 1. The Hall–Kier alpha value is -2.47. The predicted octanol–water partition coefficient (Wildman–Crippen LogP) is 1.59. The highest BCUT2D eigenvalue weighted by molar-refractivity contribution is 7.90. The van der Waals surface area contributed by atoms with Crippen LogP contribution in [-0.4, -0.2) is 61.6 Å². The van der Waals surface area contributed by atoms with Gasteiger partial charge in [-0.2, -0.15) is 0 Å². The molecule has 174 valence electrons. The summed E-state index contributed by atoms with van der Waals surface area (Å²) in [6, 6.07) is -0.492. The molecule has 0 unspecified atom stereocenters. The van der Waals surface area contributed by atoms with Crippen LogP contribution in [0.5, 0.6) is 0 Å². The summed E-state index contributed by atoms with van der Waals surface area (Å²) >= 11 is 1.05. The Labute approximate surface area is 189 Å². The minimum Gasteiger partial charge on any atom is -0.462 e. The smallest absolute Gasteiger partial charge is 0.341 e. The van der Waals surface area contributed by atoms with Crippen molar-refractivity contribution >= 4 is 50.0 Å². The Morgan fingerprint density at radius 2 is 1.97 bits per heavy atom. The third-order valence-corrected chi connectivity index (χ3v) is 8.99. The van der Waals surface area contributed by atoms with Crippen LogP contribution in [0.15, 0.2) is 0 Å². The zero-order chi connectivity index (χ0) is 23.1. The number of nitrogens with zero attached hydrogens (tertiary/aromatic N) is 1. The van der Waals surface area contributed by atoms with Crippen molar-refractivity contribution in [2.45, 2.75) is 56.7 Å². The number of sulfone groups is 1. The van der Waals surface area contributed by atoms with Gasteiger partial charge in [0.25, 0.3) is 5.91 Å². The van der Waals surface area contributed by atoms with Crippen molar-refractivity contribution in [3.63, 3.8) is 0 Å². The number of nitrogens with one attached hydrogen (secondary N) is 2. The highest BCUT2D eigenvalue weighted by Gasteiger charge is 2.52. The molecule has 4 rings (SSSR count). The van der Waals surface area contributed by atoms with Gasteiger partial charge in [0, 0.05) is 17.8 Å². The summed E-state index contributed by atoms with van der Waals surface area (Å²) in [6.07, 6.45) is 2.99. The molecule has 4 amide bonds. The lowest BCUT2D eigenvalue weighted by Crippen LogP contribution is -2.44. The van der Waals surface area contributed by atoms with Crippen LogP contribution < -0.4 is 10.6 Å². The van der Waals surface area contributed by atoms with Gasteiger partial charge in [0.15, 0.2) is 9.84 Å². The van der Waals surface area contributed by atoms with Crippen LogP contribution in [0.4, 0.5) is 9.80 Å². The minimum atomic E-state index is -3.25. The molecule has 1 saturated carbocycles. The van der Waals surface area contributed by atoms with E-state index in [1.807, 2.05) is 0 Å². The molecule has 3 heterocycles. The topological polar surface area (TPSA) is 139 Å². The molecule has 2 fully saturated rings. The van der Waals surface area contributed by atoms with E-state index >= 15 is 0 Å². The molecule has 0 atom stereocenters. The van der Waals surface area contributed by atoms with Crippen LogP contribution >= 0.6 is 11.3 Å². The lowest BCUT2D eigenvalue weighted by Gasteiger charge is -2.19. The number of carbonyl (C=O) groups is 4. The van der Waals surface area contributed by atoms with Gasteiger partial charge in [0.05, 0.1) is 23.7 Å². The van der Waals surface area contributed by atoms with E-state index in [9.17, 15) is 27.6 Å². The van der Waals surface area contributed by atoms with Gasteiger partial charge in [0.1, 0.15) is 10.5 Å². The summed E-state index contributed by atoms with van der Waals surface area (Å²) in [5, 5.41) is 5.67. The second-order valence-corrected chi connectivity index (χ2v) is 11.5. The molecule has 0 radical (unpaired) electrons. The molecule has 2 aliphatic heterocycles. The molecule has 32 heavy (non-hydrogen) atoms. The van der Waals surface area contributed by atoms with Crippen molar-refractivity contribution in [1.29, 1.82) is 0 Å². The second-order valence-electron chi connectivity index (χ2n) is 8.24. The van der Waals surface area contributed by atoms with Crippen molar-refractivity contribution < 1.29 is 32.3 Å². The van der Waals surface area contributed by atoms with Crippen molar-refractivity contribution in [1.82, 2.24) is 10.2 Å². The lowest BCUT2D eigenvalue weighted by molar-refractivity contribution is -0.131. The molecule has 12 heteroatoms. The molecule has 10 nitrogen and oxygen atoms in total. The maximum atomic E-state index is 12.7. The number of carbonyl (C=O) groups excluding carboxylic acids is 4. The zero-order valence-corrected chi connectivity index (χ0v) is 19.3. The van der Waals surface area contributed by atoms with E-state index in [0.29, 0.717) is 23.3 Å². The SMILES string of the molecule is CCOC(=O)c1c(NC(=O)CCN2C(=O)NC3(CCCC3)C2=O)sc2c1CCS(=O)(=O)C2. The summed E-state index contributed by atoms with van der Waals surface area (Å²) in [6.45, 7) is 1.73. The zero-order valence-electron chi connectivity index (χ0n) is 17.7. The van der Waals surface area contributed by atoms with E-state index in [1.165, 1.54) is 0 Å². The van der Waals surface area contributed by atoms with Crippen LogP contribution in [0.25, 0.3) is 0 Å². The summed E-state index contributed by atoms with van der Waals surface area (Å²) in [5.74, 6) is -1.64. The Bertz CT molecular complexity index is 1090. The Morgan fingerprint density at radius 3 is 2.66 bits per heavy atom. The number of esters is 1. The molecule has 1 aromatic rings. The third-order valence-electron chi connectivity index (χ3n) is 6.10. The molecule has 0 aromatic carbocycles. The fourth-order valence-electron chi connectivity index (χ4n) is 4.53. The number of thiophene rings is 1. The fourth-order valence-corrected chi connectivity index (χ4v) is 7.58. The summed E-state index contributed by atoms with van der Waals surface area (Å²) in [7, 11) is -3.25. The van der Waals surface area contributed by atoms with E-state index in [1.54, 1.807) is 6.92 Å². The number of ether oxygens (including phenoxy) is 1. The molecular weight excluding hydrogens is 458 g/mol. The average Bonchev–Trinajstić information content (AvgIpc) is 3.37. The van der Waals surface area contributed by atoms with Crippen LogP contribution in [-0.2, 0) is 36.3 Å². The fraction of sp³-hybridized carbons (Fsp3) is 0.600. The molecule has 0 bridgehead atoms. The van der Waals surface area contributed by atoms with Gasteiger partial charge in [-0.25, -0.2) is 18.0 Å². The normalized spacial score (nSPS) is 20.8. The Morgan fingerprint density at radius 1 is 1.25 bits per heavy atom. The first-order valence-electron chi connectivity index (χ1n) is 10.6. The van der Waals surface area contributed by atoms with E-state index in [2.05, 4.69) is 10.6 Å². The number of hydrogen-bond donors (Lipinski definition) is 2. The Balaban J connectivity index is 1.47. The highest BCUT2D eigenvalue weighted by Crippen LogP contribution is 2.39. The van der Waals surface area contributed by atoms with E-state index in [-0.39, 0.29) is 54.0 Å². The molecule has 1 aliphatic carbocycles. The summed E-state index contributed by atoms with van der Waals surface area (Å²) in [5.41, 5.74) is -0.0472. The van der Waals surface area contributed by atoms with Gasteiger partial charge in [-0.1, -0.05) is 12.8 Å². The van der Waals surface area contributed by atoms with Gasteiger partial charge in [-0.3, -0.25) is 14.5 Å². The van der Waals surface area contributed by atoms with E-state index in [4.69, 9.17) is 4.74 Å². The highest BCUT2D eigenvalue weighted by atomic mass is 32.2. The largest absolute Gasteiger partial charge is 0.462 e. The number of amides is 4. The van der Waals surface area contributed by atoms with Crippen LogP contribution in [0.1, 0.15) is 59.8 Å². The number of urea groups is 1. The van der Waals surface area contributed by atoms with Crippen LogP contribution in [0.2, 0.25) is 0 Å². The number of rotatable bonds is 6. The van der Waals surface area contributed by atoms with Gasteiger partial charge >= 0.3 is 12.0 Å². The van der Waals surface area contributed by atoms with Crippen LogP contribution in [0.3, 0.4) is 0 Å². The van der Waals surface area contributed by atoms with Crippen molar-refractivity contribution in [3.8, 4) is 0 Å². The van der Waals surface area contributed by atoms with Crippen molar-refractivity contribution in [2.24, 2.45) is 0 Å². The molecule has 3 aliphatic rings. The molecule has 1 spiro atoms. The standard InChI is InChI=1S/C20H25N3O7S2/c1-2-30-17(25)15-12-6-10-32(28,29)11-13(12)31-16(15)21-14(24)5-9-23-18(26)20(22-19(23)27)7-3-4-8-20/h2-11H2,1H3,(H,21,24)(H,22,27). The molecule has 1 aromatic heterocycles. The van der Waals surface area contributed by atoms with Gasteiger partial charge < -0.3 is 15.4 Å². The van der Waals surface area contributed by atoms with E-state index in [0.717, 1.165) is 29.1 Å². The molecule has 1 saturated heterocycles. The maximum Gasteiger partial charge on any atom is 0.341 e. The minimum absolute atomic E-state index is 0.0650. The number of hydrogen-bond acceptors (Lipinski definition) is 8.